The summed E-state index contributed by atoms with van der Waals surface area (Å²) in [5.74, 6) is 1.48. The van der Waals surface area contributed by atoms with Crippen LogP contribution >= 0.6 is 27.5 Å². The third kappa shape index (κ3) is 6.11. The summed E-state index contributed by atoms with van der Waals surface area (Å²) >= 11 is 9.59. The monoisotopic (exact) mass is 453 g/mol. The minimum Gasteiger partial charge on any atom is -0.490 e. The molecule has 2 aromatic carbocycles. The number of rotatable bonds is 9. The standard InChI is InChI=1S/C21H25BrClNO3/c1-2-25-20-10-16(12-24-13-18-4-3-9-26-18)19(22)11-21(20)27-14-15-5-7-17(23)8-6-15/h5-8,10-11,18,24H,2-4,9,12-14H2,1H3. The molecule has 1 heterocycles. The molecule has 1 unspecified atom stereocenters. The van der Waals surface area contributed by atoms with Gasteiger partial charge in [0.05, 0.1) is 12.7 Å². The van der Waals surface area contributed by atoms with E-state index in [2.05, 4.69) is 21.2 Å². The molecule has 1 saturated heterocycles. The van der Waals surface area contributed by atoms with Crippen molar-refractivity contribution in [2.45, 2.75) is 39.0 Å². The molecule has 3 rings (SSSR count). The summed E-state index contributed by atoms with van der Waals surface area (Å²) in [6.07, 6.45) is 2.62. The third-order valence-electron chi connectivity index (χ3n) is 4.43. The summed E-state index contributed by atoms with van der Waals surface area (Å²) < 4.78 is 18.5. The lowest BCUT2D eigenvalue weighted by Gasteiger charge is -2.16. The van der Waals surface area contributed by atoms with Crippen LogP contribution in [0.5, 0.6) is 11.5 Å². The van der Waals surface area contributed by atoms with Crippen LogP contribution in [0.3, 0.4) is 0 Å². The van der Waals surface area contributed by atoms with Gasteiger partial charge in [-0.05, 0) is 55.2 Å². The molecular formula is C21H25BrClNO3. The van der Waals surface area contributed by atoms with Crippen molar-refractivity contribution in [1.29, 1.82) is 0 Å². The first-order valence-electron chi connectivity index (χ1n) is 9.30. The van der Waals surface area contributed by atoms with Gasteiger partial charge in [-0.1, -0.05) is 39.7 Å². The Morgan fingerprint density at radius 3 is 2.67 bits per heavy atom. The number of hydrogen-bond acceptors (Lipinski definition) is 4. The van der Waals surface area contributed by atoms with Crippen LogP contribution in [0.1, 0.15) is 30.9 Å². The van der Waals surface area contributed by atoms with Crippen LogP contribution < -0.4 is 14.8 Å². The van der Waals surface area contributed by atoms with Gasteiger partial charge in [-0.2, -0.15) is 0 Å². The molecule has 0 aromatic heterocycles. The van der Waals surface area contributed by atoms with Crippen LogP contribution in [-0.2, 0) is 17.9 Å². The molecule has 1 aliphatic rings. The fraction of sp³-hybridized carbons (Fsp3) is 0.429. The van der Waals surface area contributed by atoms with Crippen LogP contribution in [0.15, 0.2) is 40.9 Å². The second kappa shape index (κ2) is 10.3. The lowest BCUT2D eigenvalue weighted by atomic mass is 10.2. The van der Waals surface area contributed by atoms with E-state index in [9.17, 15) is 0 Å². The van der Waals surface area contributed by atoms with E-state index in [1.807, 2.05) is 43.3 Å². The quantitative estimate of drug-likeness (QED) is 0.554. The molecule has 0 radical (unpaired) electrons. The van der Waals surface area contributed by atoms with E-state index < -0.39 is 0 Å². The summed E-state index contributed by atoms with van der Waals surface area (Å²) in [6.45, 7) is 5.51. The lowest BCUT2D eigenvalue weighted by Crippen LogP contribution is -2.25. The maximum absolute atomic E-state index is 6.00. The molecule has 2 aromatic rings. The highest BCUT2D eigenvalue weighted by molar-refractivity contribution is 9.10. The van der Waals surface area contributed by atoms with Crippen molar-refractivity contribution in [3.63, 3.8) is 0 Å². The number of nitrogens with one attached hydrogen (secondary N) is 1. The summed E-state index contributed by atoms with van der Waals surface area (Å²) in [5.41, 5.74) is 2.19. The summed E-state index contributed by atoms with van der Waals surface area (Å²) in [5, 5.41) is 4.19. The second-order valence-corrected chi connectivity index (χ2v) is 7.80. The Labute approximate surface area is 174 Å². The zero-order valence-corrected chi connectivity index (χ0v) is 17.8. The predicted octanol–water partition coefficient (Wildman–Crippen LogP) is 5.35. The summed E-state index contributed by atoms with van der Waals surface area (Å²) in [4.78, 5) is 0. The smallest absolute Gasteiger partial charge is 0.162 e. The minimum atomic E-state index is 0.331. The minimum absolute atomic E-state index is 0.331. The van der Waals surface area contributed by atoms with E-state index in [4.69, 9.17) is 25.8 Å². The van der Waals surface area contributed by atoms with Crippen LogP contribution in [0.25, 0.3) is 0 Å². The Morgan fingerprint density at radius 2 is 1.96 bits per heavy atom. The Balaban J connectivity index is 1.64. The molecule has 0 saturated carbocycles. The maximum Gasteiger partial charge on any atom is 0.162 e. The normalized spacial score (nSPS) is 16.5. The van der Waals surface area contributed by atoms with Gasteiger partial charge in [0, 0.05) is 29.2 Å². The SMILES string of the molecule is CCOc1cc(CNCC2CCCO2)c(Br)cc1OCc1ccc(Cl)cc1. The average Bonchev–Trinajstić information content (AvgIpc) is 3.18. The van der Waals surface area contributed by atoms with Crippen molar-refractivity contribution < 1.29 is 14.2 Å². The van der Waals surface area contributed by atoms with Crippen molar-refractivity contribution in [2.24, 2.45) is 0 Å². The first kappa shape index (κ1) is 20.5. The van der Waals surface area contributed by atoms with Gasteiger partial charge in [0.15, 0.2) is 11.5 Å². The molecule has 6 heteroatoms. The van der Waals surface area contributed by atoms with Gasteiger partial charge in [0.2, 0.25) is 0 Å². The zero-order chi connectivity index (χ0) is 19.1. The molecule has 27 heavy (non-hydrogen) atoms. The Hall–Kier alpha value is -1.27. The number of halogens is 2. The number of ether oxygens (including phenoxy) is 3. The number of hydrogen-bond donors (Lipinski definition) is 1. The fourth-order valence-corrected chi connectivity index (χ4v) is 3.60. The van der Waals surface area contributed by atoms with E-state index in [-0.39, 0.29) is 0 Å². The van der Waals surface area contributed by atoms with Crippen molar-refractivity contribution in [3.8, 4) is 11.5 Å². The fourth-order valence-electron chi connectivity index (χ4n) is 3.01. The van der Waals surface area contributed by atoms with E-state index in [1.54, 1.807) is 0 Å². The highest BCUT2D eigenvalue weighted by Gasteiger charge is 2.16. The molecule has 0 amide bonds. The van der Waals surface area contributed by atoms with Crippen molar-refractivity contribution >= 4 is 27.5 Å². The summed E-state index contributed by atoms with van der Waals surface area (Å²) in [6, 6.07) is 11.7. The Bertz CT molecular complexity index is 733. The molecule has 146 valence electrons. The molecule has 1 fully saturated rings. The van der Waals surface area contributed by atoms with Gasteiger partial charge in [-0.25, -0.2) is 0 Å². The molecule has 1 aliphatic heterocycles. The van der Waals surface area contributed by atoms with Crippen molar-refractivity contribution in [1.82, 2.24) is 5.32 Å². The topological polar surface area (TPSA) is 39.7 Å². The van der Waals surface area contributed by atoms with Crippen molar-refractivity contribution in [2.75, 3.05) is 19.8 Å². The zero-order valence-electron chi connectivity index (χ0n) is 15.5. The summed E-state index contributed by atoms with van der Waals surface area (Å²) in [7, 11) is 0. The lowest BCUT2D eigenvalue weighted by molar-refractivity contribution is 0.110. The van der Waals surface area contributed by atoms with E-state index in [0.29, 0.717) is 19.3 Å². The highest BCUT2D eigenvalue weighted by Crippen LogP contribution is 2.34. The molecule has 1 atom stereocenters. The van der Waals surface area contributed by atoms with Gasteiger partial charge in [-0.15, -0.1) is 0 Å². The molecular weight excluding hydrogens is 430 g/mol. The largest absolute Gasteiger partial charge is 0.490 e. The molecule has 1 N–H and O–H groups in total. The van der Waals surface area contributed by atoms with Crippen LogP contribution in [0, 0.1) is 0 Å². The molecule has 0 bridgehead atoms. The van der Waals surface area contributed by atoms with Crippen LogP contribution in [0.2, 0.25) is 5.02 Å². The molecule has 0 aliphatic carbocycles. The van der Waals surface area contributed by atoms with Gasteiger partial charge >= 0.3 is 0 Å². The van der Waals surface area contributed by atoms with Gasteiger partial charge in [-0.3, -0.25) is 0 Å². The first-order chi connectivity index (χ1) is 13.2. The van der Waals surface area contributed by atoms with E-state index >= 15 is 0 Å². The average molecular weight is 455 g/mol. The highest BCUT2D eigenvalue weighted by atomic mass is 79.9. The van der Waals surface area contributed by atoms with Crippen molar-refractivity contribution in [3.05, 3.63) is 57.0 Å². The maximum atomic E-state index is 6.00. The van der Waals surface area contributed by atoms with Gasteiger partial charge in [0.1, 0.15) is 6.61 Å². The van der Waals surface area contributed by atoms with E-state index in [0.717, 1.165) is 64.7 Å². The Morgan fingerprint density at radius 1 is 1.19 bits per heavy atom. The predicted molar refractivity (Wildman–Crippen MR) is 112 cm³/mol. The van der Waals surface area contributed by atoms with E-state index in [1.165, 1.54) is 0 Å². The second-order valence-electron chi connectivity index (χ2n) is 6.50. The molecule has 0 spiro atoms. The van der Waals surface area contributed by atoms with Gasteiger partial charge in [0.25, 0.3) is 0 Å². The van der Waals surface area contributed by atoms with Crippen LogP contribution in [-0.4, -0.2) is 25.9 Å². The number of benzene rings is 2. The van der Waals surface area contributed by atoms with Crippen LogP contribution in [0.4, 0.5) is 0 Å². The molecule has 4 nitrogen and oxygen atoms in total. The third-order valence-corrected chi connectivity index (χ3v) is 5.42. The first-order valence-corrected chi connectivity index (χ1v) is 10.5. The Kier molecular flexibility index (Phi) is 7.82. The van der Waals surface area contributed by atoms with Gasteiger partial charge < -0.3 is 19.5 Å².